The van der Waals surface area contributed by atoms with Gasteiger partial charge in [-0.15, -0.1) is 0 Å². The van der Waals surface area contributed by atoms with Gasteiger partial charge in [0.2, 0.25) is 0 Å². The zero-order valence-corrected chi connectivity index (χ0v) is 12.8. The minimum absolute atomic E-state index is 0.0589. The molecule has 0 bridgehead atoms. The minimum atomic E-state index is -0.0589. The van der Waals surface area contributed by atoms with E-state index < -0.39 is 0 Å². The van der Waals surface area contributed by atoms with Crippen LogP contribution in [0, 0.1) is 11.2 Å². The van der Waals surface area contributed by atoms with Gasteiger partial charge in [-0.05, 0) is 42.2 Å². The highest BCUT2D eigenvalue weighted by atomic mass is 19.1. The van der Waals surface area contributed by atoms with Crippen molar-refractivity contribution in [2.75, 3.05) is 20.3 Å². The smallest absolute Gasteiger partial charge is 0.126 e. The molecule has 112 valence electrons. The lowest BCUT2D eigenvalue weighted by Crippen LogP contribution is -2.44. The SMILES string of the molecule is COCCC(C)(C)CNC1CC(c2ccccc2F)C1. The molecule has 0 unspecified atom stereocenters. The number of hydrogen-bond donors (Lipinski definition) is 1. The van der Waals surface area contributed by atoms with Gasteiger partial charge in [-0.25, -0.2) is 4.39 Å². The van der Waals surface area contributed by atoms with Gasteiger partial charge in [0.1, 0.15) is 5.82 Å². The normalized spacial score (nSPS) is 22.6. The summed E-state index contributed by atoms with van der Waals surface area (Å²) in [5.74, 6) is 0.326. The fourth-order valence-corrected chi connectivity index (χ4v) is 2.73. The second-order valence-electron chi connectivity index (χ2n) is 6.67. The van der Waals surface area contributed by atoms with Gasteiger partial charge in [-0.3, -0.25) is 0 Å². The van der Waals surface area contributed by atoms with E-state index in [1.165, 1.54) is 0 Å². The van der Waals surface area contributed by atoms with Crippen molar-refractivity contribution in [3.05, 3.63) is 35.6 Å². The number of methoxy groups -OCH3 is 1. The van der Waals surface area contributed by atoms with Crippen molar-refractivity contribution in [3.63, 3.8) is 0 Å². The Kier molecular flexibility index (Phi) is 5.17. The zero-order valence-electron chi connectivity index (χ0n) is 12.8. The van der Waals surface area contributed by atoms with Crippen molar-refractivity contribution in [2.24, 2.45) is 5.41 Å². The molecule has 2 rings (SSSR count). The highest BCUT2D eigenvalue weighted by Crippen LogP contribution is 2.38. The fourth-order valence-electron chi connectivity index (χ4n) is 2.73. The number of nitrogens with one attached hydrogen (secondary N) is 1. The van der Waals surface area contributed by atoms with E-state index in [1.807, 2.05) is 12.1 Å². The lowest BCUT2D eigenvalue weighted by molar-refractivity contribution is 0.143. The van der Waals surface area contributed by atoms with Crippen molar-refractivity contribution in [2.45, 2.75) is 45.1 Å². The summed E-state index contributed by atoms with van der Waals surface area (Å²) in [6.45, 7) is 6.31. The van der Waals surface area contributed by atoms with E-state index in [0.717, 1.165) is 38.0 Å². The van der Waals surface area contributed by atoms with Crippen LogP contribution in [0.1, 0.15) is 44.6 Å². The first-order valence-electron chi connectivity index (χ1n) is 7.48. The third-order valence-electron chi connectivity index (χ3n) is 4.34. The topological polar surface area (TPSA) is 21.3 Å². The molecule has 1 aliphatic rings. The van der Waals surface area contributed by atoms with Crippen LogP contribution in [0.5, 0.6) is 0 Å². The van der Waals surface area contributed by atoms with Gasteiger partial charge in [0.25, 0.3) is 0 Å². The molecule has 0 saturated heterocycles. The second kappa shape index (κ2) is 6.68. The van der Waals surface area contributed by atoms with E-state index in [-0.39, 0.29) is 11.2 Å². The molecule has 0 aliphatic heterocycles. The fraction of sp³-hybridized carbons (Fsp3) is 0.647. The molecule has 0 atom stereocenters. The summed E-state index contributed by atoms with van der Waals surface area (Å²) in [7, 11) is 1.74. The van der Waals surface area contributed by atoms with Crippen molar-refractivity contribution < 1.29 is 9.13 Å². The molecule has 0 spiro atoms. The predicted octanol–water partition coefficient (Wildman–Crippen LogP) is 3.72. The highest BCUT2D eigenvalue weighted by Gasteiger charge is 2.32. The number of hydrogen-bond acceptors (Lipinski definition) is 2. The third kappa shape index (κ3) is 4.03. The van der Waals surface area contributed by atoms with Crippen LogP contribution in [0.3, 0.4) is 0 Å². The van der Waals surface area contributed by atoms with Crippen LogP contribution in [0.15, 0.2) is 24.3 Å². The first-order valence-corrected chi connectivity index (χ1v) is 7.48. The molecule has 1 N–H and O–H groups in total. The summed E-state index contributed by atoms with van der Waals surface area (Å²) >= 11 is 0. The number of ether oxygens (including phenoxy) is 1. The highest BCUT2D eigenvalue weighted by molar-refractivity contribution is 5.24. The van der Waals surface area contributed by atoms with Crippen molar-refractivity contribution in [1.29, 1.82) is 0 Å². The Morgan fingerprint density at radius 2 is 2.00 bits per heavy atom. The monoisotopic (exact) mass is 279 g/mol. The molecular weight excluding hydrogens is 253 g/mol. The van der Waals surface area contributed by atoms with E-state index >= 15 is 0 Å². The summed E-state index contributed by atoms with van der Waals surface area (Å²) < 4.78 is 18.8. The first kappa shape index (κ1) is 15.5. The van der Waals surface area contributed by atoms with Gasteiger partial charge in [0.15, 0.2) is 0 Å². The standard InChI is InChI=1S/C17H26FNO/c1-17(2,8-9-20-3)12-19-14-10-13(11-14)15-6-4-5-7-16(15)18/h4-7,13-14,19H,8-12H2,1-3H3. The van der Waals surface area contributed by atoms with Gasteiger partial charge in [0, 0.05) is 26.3 Å². The Balaban J connectivity index is 1.73. The molecule has 3 heteroatoms. The van der Waals surface area contributed by atoms with Gasteiger partial charge >= 0.3 is 0 Å². The van der Waals surface area contributed by atoms with E-state index in [0.29, 0.717) is 12.0 Å². The average molecular weight is 279 g/mol. The van der Waals surface area contributed by atoms with Crippen LogP contribution in [-0.4, -0.2) is 26.3 Å². The molecule has 1 fully saturated rings. The summed E-state index contributed by atoms with van der Waals surface area (Å²) in [6.07, 6.45) is 3.14. The Hall–Kier alpha value is -0.930. The Bertz CT molecular complexity index is 427. The Morgan fingerprint density at radius 3 is 2.65 bits per heavy atom. The maximum atomic E-state index is 13.7. The Morgan fingerprint density at radius 1 is 1.30 bits per heavy atom. The largest absolute Gasteiger partial charge is 0.385 e. The minimum Gasteiger partial charge on any atom is -0.385 e. The molecule has 1 aromatic rings. The van der Waals surface area contributed by atoms with Crippen LogP contribution in [0.2, 0.25) is 0 Å². The number of benzene rings is 1. The molecule has 20 heavy (non-hydrogen) atoms. The average Bonchev–Trinajstić information content (AvgIpc) is 2.36. The molecule has 1 aromatic carbocycles. The summed E-state index contributed by atoms with van der Waals surface area (Å²) in [4.78, 5) is 0. The van der Waals surface area contributed by atoms with Crippen molar-refractivity contribution in [3.8, 4) is 0 Å². The van der Waals surface area contributed by atoms with Gasteiger partial charge in [0.05, 0.1) is 0 Å². The summed E-state index contributed by atoms with van der Waals surface area (Å²) in [6, 6.07) is 7.68. The van der Waals surface area contributed by atoms with Crippen LogP contribution < -0.4 is 5.32 Å². The van der Waals surface area contributed by atoms with Crippen molar-refractivity contribution in [1.82, 2.24) is 5.32 Å². The van der Waals surface area contributed by atoms with E-state index in [1.54, 1.807) is 19.2 Å². The molecule has 1 aliphatic carbocycles. The summed E-state index contributed by atoms with van der Waals surface area (Å²) in [5, 5.41) is 3.61. The quantitative estimate of drug-likeness (QED) is 0.821. The first-order chi connectivity index (χ1) is 9.52. The van der Waals surface area contributed by atoms with Crippen LogP contribution in [0.25, 0.3) is 0 Å². The second-order valence-corrected chi connectivity index (χ2v) is 6.67. The number of halogens is 1. The molecule has 0 radical (unpaired) electrons. The van der Waals surface area contributed by atoms with Crippen LogP contribution >= 0.6 is 0 Å². The van der Waals surface area contributed by atoms with E-state index in [9.17, 15) is 4.39 Å². The lowest BCUT2D eigenvalue weighted by Gasteiger charge is -2.38. The zero-order chi connectivity index (χ0) is 14.6. The maximum Gasteiger partial charge on any atom is 0.126 e. The molecule has 0 heterocycles. The summed E-state index contributed by atoms with van der Waals surface area (Å²) in [5.41, 5.74) is 1.13. The molecule has 0 aromatic heterocycles. The molecular formula is C17H26FNO. The van der Waals surface area contributed by atoms with E-state index in [4.69, 9.17) is 4.74 Å². The van der Waals surface area contributed by atoms with E-state index in [2.05, 4.69) is 19.2 Å². The lowest BCUT2D eigenvalue weighted by atomic mass is 9.75. The van der Waals surface area contributed by atoms with Gasteiger partial charge in [-0.2, -0.15) is 0 Å². The number of rotatable bonds is 7. The van der Waals surface area contributed by atoms with Gasteiger partial charge in [-0.1, -0.05) is 32.0 Å². The van der Waals surface area contributed by atoms with Crippen molar-refractivity contribution >= 4 is 0 Å². The van der Waals surface area contributed by atoms with Gasteiger partial charge < -0.3 is 10.1 Å². The molecule has 2 nitrogen and oxygen atoms in total. The van der Waals surface area contributed by atoms with Crippen LogP contribution in [0.4, 0.5) is 4.39 Å². The molecule has 0 amide bonds. The predicted molar refractivity (Wildman–Crippen MR) is 80.4 cm³/mol. The van der Waals surface area contributed by atoms with Crippen LogP contribution in [-0.2, 0) is 4.74 Å². The molecule has 1 saturated carbocycles. The third-order valence-corrected chi connectivity index (χ3v) is 4.34. The maximum absolute atomic E-state index is 13.7. The Labute approximate surface area is 121 Å².